The summed E-state index contributed by atoms with van der Waals surface area (Å²) in [5, 5.41) is 0. The first-order valence-corrected chi connectivity index (χ1v) is 11.3. The summed E-state index contributed by atoms with van der Waals surface area (Å²) in [5.74, 6) is 1.51. The van der Waals surface area contributed by atoms with Crippen molar-refractivity contribution in [1.29, 1.82) is 0 Å². The van der Waals surface area contributed by atoms with Gasteiger partial charge in [0, 0.05) is 48.6 Å². The normalized spacial score (nSPS) is 14.6. The van der Waals surface area contributed by atoms with Gasteiger partial charge in [0.2, 0.25) is 0 Å². The average Bonchev–Trinajstić information content (AvgIpc) is 2.83. The smallest absolute Gasteiger partial charge is 0.353 e. The lowest BCUT2D eigenvalue weighted by Crippen LogP contribution is -2.49. The van der Waals surface area contributed by atoms with E-state index in [1.54, 1.807) is 4.90 Å². The lowest BCUT2D eigenvalue weighted by Gasteiger charge is -2.37. The standard InChI is InChI=1S/C26H27F3N4O/c1-17(2)22-18(3)30-23(19-7-5-4-6-8-19)31-24(22)32-13-15-33(16-14-32)25(34)20-9-11-21(12-10-20)26(27,28)29/h4-12,17H,13-16H2,1-3H3. The third-order valence-electron chi connectivity index (χ3n) is 6.05. The van der Waals surface area contributed by atoms with Crippen molar-refractivity contribution in [2.75, 3.05) is 31.1 Å². The van der Waals surface area contributed by atoms with E-state index in [4.69, 9.17) is 9.97 Å². The molecule has 0 saturated carbocycles. The van der Waals surface area contributed by atoms with Crippen molar-refractivity contribution in [2.24, 2.45) is 0 Å². The van der Waals surface area contributed by atoms with Crippen LogP contribution in [0.15, 0.2) is 54.6 Å². The van der Waals surface area contributed by atoms with Gasteiger partial charge in [-0.3, -0.25) is 4.79 Å². The Bertz CT molecular complexity index is 1150. The van der Waals surface area contributed by atoms with Gasteiger partial charge in [-0.25, -0.2) is 9.97 Å². The molecule has 0 aliphatic carbocycles. The zero-order valence-electron chi connectivity index (χ0n) is 19.4. The highest BCUT2D eigenvalue weighted by Crippen LogP contribution is 2.32. The molecule has 3 aromatic rings. The number of rotatable bonds is 4. The third-order valence-corrected chi connectivity index (χ3v) is 6.05. The van der Waals surface area contributed by atoms with Gasteiger partial charge >= 0.3 is 6.18 Å². The number of halogens is 3. The lowest BCUT2D eigenvalue weighted by atomic mass is 10.0. The predicted octanol–water partition coefficient (Wildman–Crippen LogP) is 5.56. The van der Waals surface area contributed by atoms with Crippen molar-refractivity contribution in [3.05, 3.63) is 77.0 Å². The first kappa shape index (κ1) is 23.7. The summed E-state index contributed by atoms with van der Waals surface area (Å²) in [6, 6.07) is 14.2. The second kappa shape index (κ2) is 9.44. The van der Waals surface area contributed by atoms with E-state index in [1.807, 2.05) is 37.3 Å². The maximum Gasteiger partial charge on any atom is 0.416 e. The zero-order valence-corrected chi connectivity index (χ0v) is 19.4. The molecule has 1 aliphatic heterocycles. The summed E-state index contributed by atoms with van der Waals surface area (Å²) in [6.07, 6.45) is -4.42. The van der Waals surface area contributed by atoms with Crippen LogP contribution in [0, 0.1) is 6.92 Å². The lowest BCUT2D eigenvalue weighted by molar-refractivity contribution is -0.137. The molecule has 178 valence electrons. The molecule has 1 saturated heterocycles. The number of alkyl halides is 3. The molecule has 8 heteroatoms. The number of carbonyl (C=O) groups is 1. The second-order valence-electron chi connectivity index (χ2n) is 8.74. The molecule has 1 fully saturated rings. The van der Waals surface area contributed by atoms with Crippen molar-refractivity contribution in [1.82, 2.24) is 14.9 Å². The minimum atomic E-state index is -4.42. The number of piperazine rings is 1. The van der Waals surface area contributed by atoms with E-state index in [2.05, 4.69) is 18.7 Å². The first-order valence-electron chi connectivity index (χ1n) is 11.3. The number of benzene rings is 2. The van der Waals surface area contributed by atoms with Crippen LogP contribution in [-0.4, -0.2) is 47.0 Å². The minimum Gasteiger partial charge on any atom is -0.353 e. The molecule has 0 bridgehead atoms. The Morgan fingerprint density at radius 3 is 2.09 bits per heavy atom. The highest BCUT2D eigenvalue weighted by molar-refractivity contribution is 5.94. The summed E-state index contributed by atoms with van der Waals surface area (Å²) < 4.78 is 38.5. The molecule has 2 heterocycles. The van der Waals surface area contributed by atoms with Gasteiger partial charge in [-0.15, -0.1) is 0 Å². The molecule has 0 unspecified atom stereocenters. The third kappa shape index (κ3) is 4.90. The predicted molar refractivity (Wildman–Crippen MR) is 126 cm³/mol. The van der Waals surface area contributed by atoms with Crippen molar-refractivity contribution >= 4 is 11.7 Å². The molecule has 34 heavy (non-hydrogen) atoms. The Balaban J connectivity index is 1.53. The van der Waals surface area contributed by atoms with E-state index in [0.717, 1.165) is 34.8 Å². The number of anilines is 1. The fourth-order valence-electron chi connectivity index (χ4n) is 4.31. The number of nitrogens with zero attached hydrogens (tertiary/aromatic N) is 4. The van der Waals surface area contributed by atoms with Crippen molar-refractivity contribution in [2.45, 2.75) is 32.9 Å². The Hall–Kier alpha value is -3.42. The largest absolute Gasteiger partial charge is 0.416 e. The van der Waals surface area contributed by atoms with Gasteiger partial charge in [0.05, 0.1) is 5.56 Å². The molecule has 2 aromatic carbocycles. The van der Waals surface area contributed by atoms with E-state index in [1.165, 1.54) is 12.1 Å². The number of hydrogen-bond acceptors (Lipinski definition) is 4. The van der Waals surface area contributed by atoms with Gasteiger partial charge < -0.3 is 9.80 Å². The fraction of sp³-hybridized carbons (Fsp3) is 0.346. The van der Waals surface area contributed by atoms with Crippen LogP contribution in [0.5, 0.6) is 0 Å². The second-order valence-corrected chi connectivity index (χ2v) is 8.74. The summed E-state index contributed by atoms with van der Waals surface area (Å²) in [4.78, 5) is 26.4. The highest BCUT2D eigenvalue weighted by atomic mass is 19.4. The van der Waals surface area contributed by atoms with Crippen molar-refractivity contribution in [3.8, 4) is 11.4 Å². The number of carbonyl (C=O) groups excluding carboxylic acids is 1. The van der Waals surface area contributed by atoms with Crippen LogP contribution in [0.3, 0.4) is 0 Å². The van der Waals surface area contributed by atoms with Crippen LogP contribution >= 0.6 is 0 Å². The molecular weight excluding hydrogens is 441 g/mol. The molecule has 1 amide bonds. The van der Waals surface area contributed by atoms with E-state index >= 15 is 0 Å². The van der Waals surface area contributed by atoms with Gasteiger partial charge in [-0.2, -0.15) is 13.2 Å². The van der Waals surface area contributed by atoms with Crippen molar-refractivity contribution < 1.29 is 18.0 Å². The van der Waals surface area contributed by atoms with E-state index < -0.39 is 11.7 Å². The van der Waals surface area contributed by atoms with Gasteiger partial charge in [0.25, 0.3) is 5.91 Å². The molecule has 0 radical (unpaired) electrons. The molecule has 1 aliphatic rings. The van der Waals surface area contributed by atoms with Crippen LogP contribution < -0.4 is 4.90 Å². The monoisotopic (exact) mass is 468 g/mol. The first-order chi connectivity index (χ1) is 16.1. The molecule has 0 N–H and O–H groups in total. The average molecular weight is 469 g/mol. The van der Waals surface area contributed by atoms with Gasteiger partial charge in [-0.05, 0) is 37.1 Å². The molecule has 0 spiro atoms. The van der Waals surface area contributed by atoms with Crippen LogP contribution in [-0.2, 0) is 6.18 Å². The number of amides is 1. The Labute approximate surface area is 197 Å². The van der Waals surface area contributed by atoms with Gasteiger partial charge in [-0.1, -0.05) is 44.2 Å². The molecule has 1 aromatic heterocycles. The van der Waals surface area contributed by atoms with Crippen LogP contribution in [0.4, 0.5) is 19.0 Å². The van der Waals surface area contributed by atoms with Crippen molar-refractivity contribution in [3.63, 3.8) is 0 Å². The Morgan fingerprint density at radius 2 is 1.53 bits per heavy atom. The molecular formula is C26H27F3N4O. The number of aryl methyl sites for hydroxylation is 1. The number of hydrogen-bond donors (Lipinski definition) is 0. The quantitative estimate of drug-likeness (QED) is 0.503. The van der Waals surface area contributed by atoms with Gasteiger partial charge in [0.1, 0.15) is 5.82 Å². The highest BCUT2D eigenvalue weighted by Gasteiger charge is 2.31. The van der Waals surface area contributed by atoms with Crippen LogP contribution in [0.1, 0.15) is 46.9 Å². The van der Waals surface area contributed by atoms with Gasteiger partial charge in [0.15, 0.2) is 5.82 Å². The molecule has 0 atom stereocenters. The Morgan fingerprint density at radius 1 is 0.912 bits per heavy atom. The van der Waals surface area contributed by atoms with E-state index in [9.17, 15) is 18.0 Å². The van der Waals surface area contributed by atoms with E-state index in [-0.39, 0.29) is 17.4 Å². The topological polar surface area (TPSA) is 49.3 Å². The summed E-state index contributed by atoms with van der Waals surface area (Å²) in [6.45, 7) is 8.30. The van der Waals surface area contributed by atoms with E-state index in [0.29, 0.717) is 32.0 Å². The number of aromatic nitrogens is 2. The minimum absolute atomic E-state index is 0.228. The van der Waals surface area contributed by atoms with Crippen LogP contribution in [0.25, 0.3) is 11.4 Å². The summed E-state index contributed by atoms with van der Waals surface area (Å²) >= 11 is 0. The zero-order chi connectivity index (χ0) is 24.5. The summed E-state index contributed by atoms with van der Waals surface area (Å²) in [5.41, 5.74) is 2.46. The summed E-state index contributed by atoms with van der Waals surface area (Å²) in [7, 11) is 0. The fourth-order valence-corrected chi connectivity index (χ4v) is 4.31. The van der Waals surface area contributed by atoms with Crippen LogP contribution in [0.2, 0.25) is 0 Å². The molecule has 4 rings (SSSR count). The maximum absolute atomic E-state index is 12.9. The Kier molecular flexibility index (Phi) is 6.59. The maximum atomic E-state index is 12.9. The SMILES string of the molecule is Cc1nc(-c2ccccc2)nc(N2CCN(C(=O)c3ccc(C(F)(F)F)cc3)CC2)c1C(C)C. The molecule has 5 nitrogen and oxygen atoms in total.